The smallest absolute Gasteiger partial charge is 0.129 e. The molecule has 23 heavy (non-hydrogen) atoms. The highest BCUT2D eigenvalue weighted by Gasteiger charge is 2.01. The van der Waals surface area contributed by atoms with E-state index < -0.39 is 0 Å². The summed E-state index contributed by atoms with van der Waals surface area (Å²) in [5, 5.41) is 9.88. The number of allylic oxidation sites excluding steroid dienone is 1. The zero-order valence-electron chi connectivity index (χ0n) is 15.0. The van der Waals surface area contributed by atoms with E-state index in [1.165, 1.54) is 19.3 Å². The Kier molecular flexibility index (Phi) is 16.7. The lowest BCUT2D eigenvalue weighted by molar-refractivity contribution is -0.117. The highest BCUT2D eigenvalue weighted by Crippen LogP contribution is 2.11. The highest BCUT2D eigenvalue weighted by molar-refractivity contribution is 5.75. The van der Waals surface area contributed by atoms with Crippen molar-refractivity contribution in [3.05, 3.63) is 12.2 Å². The van der Waals surface area contributed by atoms with Crippen molar-refractivity contribution < 1.29 is 14.7 Å². The minimum Gasteiger partial charge on any atom is -0.393 e. The van der Waals surface area contributed by atoms with Gasteiger partial charge >= 0.3 is 0 Å². The quantitative estimate of drug-likeness (QED) is 0.229. The van der Waals surface area contributed by atoms with Gasteiger partial charge in [-0.3, -0.25) is 0 Å². The van der Waals surface area contributed by atoms with Gasteiger partial charge in [-0.25, -0.2) is 0 Å². The van der Waals surface area contributed by atoms with Gasteiger partial charge in [0.25, 0.3) is 0 Å². The van der Waals surface area contributed by atoms with Crippen LogP contribution in [0.15, 0.2) is 12.2 Å². The zero-order valence-corrected chi connectivity index (χ0v) is 15.0. The number of carbonyl (C=O) groups excluding carboxylic acids is 2. The van der Waals surface area contributed by atoms with E-state index >= 15 is 0 Å². The summed E-state index contributed by atoms with van der Waals surface area (Å²) in [4.78, 5) is 21.0. The molecule has 0 fully saturated rings. The standard InChI is InChI=1S/C20H36O3/c1-19(22)15-11-8-9-13-17-20(23)16-12-7-5-3-2-4-6-10-14-18-21/h7,12,18,20,23H,2-6,8-11,13-17H2,1H3/t20-/m0/s1. The molecule has 0 heterocycles. The maximum atomic E-state index is 10.8. The summed E-state index contributed by atoms with van der Waals surface area (Å²) in [6, 6.07) is 0. The number of unbranched alkanes of at least 4 members (excludes halogenated alkanes) is 9. The van der Waals surface area contributed by atoms with Crippen LogP contribution in [0, 0.1) is 0 Å². The van der Waals surface area contributed by atoms with Crippen molar-refractivity contribution in [1.29, 1.82) is 0 Å². The molecule has 0 aromatic heterocycles. The Bertz CT molecular complexity index is 310. The summed E-state index contributed by atoms with van der Waals surface area (Å²) in [6.07, 6.45) is 19.2. The minimum atomic E-state index is -0.220. The van der Waals surface area contributed by atoms with Crippen LogP contribution in [-0.2, 0) is 9.59 Å². The van der Waals surface area contributed by atoms with E-state index in [-0.39, 0.29) is 11.9 Å². The van der Waals surface area contributed by atoms with E-state index in [1.54, 1.807) is 6.92 Å². The van der Waals surface area contributed by atoms with Crippen molar-refractivity contribution in [2.75, 3.05) is 0 Å². The van der Waals surface area contributed by atoms with Crippen LogP contribution >= 0.6 is 0 Å². The van der Waals surface area contributed by atoms with Crippen LogP contribution in [0.25, 0.3) is 0 Å². The molecule has 1 N–H and O–H groups in total. The largest absolute Gasteiger partial charge is 0.393 e. The van der Waals surface area contributed by atoms with Gasteiger partial charge in [0.15, 0.2) is 0 Å². The number of ketones is 1. The first kappa shape index (κ1) is 22.0. The van der Waals surface area contributed by atoms with Gasteiger partial charge in [0.2, 0.25) is 0 Å². The summed E-state index contributed by atoms with van der Waals surface area (Å²) in [7, 11) is 0. The molecule has 0 amide bonds. The number of hydrogen-bond donors (Lipinski definition) is 1. The first-order valence-electron chi connectivity index (χ1n) is 9.43. The maximum Gasteiger partial charge on any atom is 0.129 e. The Hall–Kier alpha value is -0.960. The average molecular weight is 325 g/mol. The van der Waals surface area contributed by atoms with Crippen LogP contribution < -0.4 is 0 Å². The van der Waals surface area contributed by atoms with Crippen molar-refractivity contribution in [3.8, 4) is 0 Å². The van der Waals surface area contributed by atoms with Crippen molar-refractivity contribution in [2.45, 2.75) is 103 Å². The predicted molar refractivity (Wildman–Crippen MR) is 96.5 cm³/mol. The lowest BCUT2D eigenvalue weighted by Crippen LogP contribution is -2.04. The van der Waals surface area contributed by atoms with Gasteiger partial charge < -0.3 is 14.7 Å². The molecule has 0 unspecified atom stereocenters. The van der Waals surface area contributed by atoms with Gasteiger partial charge in [-0.15, -0.1) is 0 Å². The zero-order chi connectivity index (χ0) is 17.2. The first-order chi connectivity index (χ1) is 11.2. The van der Waals surface area contributed by atoms with E-state index in [2.05, 4.69) is 12.2 Å². The third-order valence-electron chi connectivity index (χ3n) is 4.08. The number of carbonyl (C=O) groups is 2. The van der Waals surface area contributed by atoms with Crippen LogP contribution in [0.3, 0.4) is 0 Å². The number of Topliss-reactive ketones (excluding diaryl/α,β-unsaturated/α-hetero) is 1. The lowest BCUT2D eigenvalue weighted by atomic mass is 10.0. The third kappa shape index (κ3) is 19.0. The number of aldehydes is 1. The summed E-state index contributed by atoms with van der Waals surface area (Å²) in [6.45, 7) is 1.64. The second-order valence-electron chi connectivity index (χ2n) is 6.53. The van der Waals surface area contributed by atoms with Gasteiger partial charge in [-0.05, 0) is 45.4 Å². The Balaban J connectivity index is 3.29. The Labute approximate surface area is 142 Å². The Morgan fingerprint density at radius 2 is 1.48 bits per heavy atom. The van der Waals surface area contributed by atoms with Gasteiger partial charge in [-0.2, -0.15) is 0 Å². The second kappa shape index (κ2) is 17.4. The Morgan fingerprint density at radius 3 is 2.17 bits per heavy atom. The molecule has 134 valence electrons. The molecule has 0 bridgehead atoms. The summed E-state index contributed by atoms with van der Waals surface area (Å²) in [5.41, 5.74) is 0. The number of aliphatic hydroxyl groups is 1. The summed E-state index contributed by atoms with van der Waals surface area (Å²) in [5.74, 6) is 0.274. The van der Waals surface area contributed by atoms with Crippen molar-refractivity contribution >= 4 is 12.1 Å². The fourth-order valence-corrected chi connectivity index (χ4v) is 2.62. The minimum absolute atomic E-state index is 0.220. The maximum absolute atomic E-state index is 10.8. The molecule has 0 saturated carbocycles. The van der Waals surface area contributed by atoms with Crippen LogP contribution in [0.5, 0.6) is 0 Å². The van der Waals surface area contributed by atoms with Gasteiger partial charge in [0, 0.05) is 12.8 Å². The molecule has 0 rings (SSSR count). The van der Waals surface area contributed by atoms with E-state index in [1.807, 2.05) is 0 Å². The molecular formula is C20H36O3. The molecule has 3 nitrogen and oxygen atoms in total. The highest BCUT2D eigenvalue weighted by atomic mass is 16.3. The first-order valence-corrected chi connectivity index (χ1v) is 9.43. The molecule has 0 spiro atoms. The van der Waals surface area contributed by atoms with Crippen molar-refractivity contribution in [3.63, 3.8) is 0 Å². The van der Waals surface area contributed by atoms with E-state index in [9.17, 15) is 14.7 Å². The van der Waals surface area contributed by atoms with Gasteiger partial charge in [-0.1, -0.05) is 50.7 Å². The third-order valence-corrected chi connectivity index (χ3v) is 4.08. The van der Waals surface area contributed by atoms with Gasteiger partial charge in [0.05, 0.1) is 6.10 Å². The monoisotopic (exact) mass is 324 g/mol. The normalized spacial score (nSPS) is 12.6. The van der Waals surface area contributed by atoms with Crippen LogP contribution in [0.2, 0.25) is 0 Å². The SMILES string of the molecule is CC(=O)CCCCCC[C@@H](O)CC=CCCCCCCCC=O. The van der Waals surface area contributed by atoms with Crippen LogP contribution in [0.4, 0.5) is 0 Å². The molecule has 0 radical (unpaired) electrons. The number of rotatable bonds is 17. The fraction of sp³-hybridized carbons (Fsp3) is 0.800. The topological polar surface area (TPSA) is 54.4 Å². The molecule has 0 aliphatic carbocycles. The molecule has 0 saturated heterocycles. The summed E-state index contributed by atoms with van der Waals surface area (Å²) >= 11 is 0. The van der Waals surface area contributed by atoms with Crippen molar-refractivity contribution in [1.82, 2.24) is 0 Å². The molecular weight excluding hydrogens is 288 g/mol. The molecule has 0 aromatic carbocycles. The fourth-order valence-electron chi connectivity index (χ4n) is 2.62. The average Bonchev–Trinajstić information content (AvgIpc) is 2.52. The predicted octanol–water partition coefficient (Wildman–Crippen LogP) is 5.15. The number of aliphatic hydroxyl groups excluding tert-OH is 1. The van der Waals surface area contributed by atoms with E-state index in [0.717, 1.165) is 64.1 Å². The number of hydrogen-bond acceptors (Lipinski definition) is 3. The van der Waals surface area contributed by atoms with Gasteiger partial charge in [0.1, 0.15) is 12.1 Å². The van der Waals surface area contributed by atoms with E-state index in [4.69, 9.17) is 0 Å². The van der Waals surface area contributed by atoms with Crippen LogP contribution in [0.1, 0.15) is 96.8 Å². The van der Waals surface area contributed by atoms with Crippen LogP contribution in [-0.4, -0.2) is 23.3 Å². The molecule has 1 atom stereocenters. The molecule has 0 aliphatic heterocycles. The molecule has 0 aliphatic rings. The second-order valence-corrected chi connectivity index (χ2v) is 6.53. The van der Waals surface area contributed by atoms with Crippen molar-refractivity contribution in [2.24, 2.45) is 0 Å². The molecule has 0 aromatic rings. The van der Waals surface area contributed by atoms with E-state index in [0.29, 0.717) is 12.8 Å². The molecule has 3 heteroatoms. The summed E-state index contributed by atoms with van der Waals surface area (Å²) < 4.78 is 0. The lowest BCUT2D eigenvalue weighted by Gasteiger charge is -2.07. The Morgan fingerprint density at radius 1 is 0.870 bits per heavy atom.